The van der Waals surface area contributed by atoms with Gasteiger partial charge in [0.15, 0.2) is 0 Å². The molecule has 3 aliphatic heterocycles. The second-order valence-electron chi connectivity index (χ2n) is 18.5. The molecule has 4 N–H and O–H groups in total. The van der Waals surface area contributed by atoms with Crippen molar-refractivity contribution in [3.63, 3.8) is 0 Å². The number of benzene rings is 4. The molecule has 3 aliphatic rings. The lowest BCUT2D eigenvalue weighted by atomic mass is 9.92. The maximum Gasteiger partial charge on any atom is 0.234 e. The highest BCUT2D eigenvalue weighted by atomic mass is 35.5. The van der Waals surface area contributed by atoms with Crippen LogP contribution in [0.4, 0.5) is 0 Å². The fourth-order valence-corrected chi connectivity index (χ4v) is 10.1. The average Bonchev–Trinajstić information content (AvgIpc) is 3.94. The Kier molecular flexibility index (Phi) is 15.8. The quantitative estimate of drug-likeness (QED) is 0.0661. The number of aromatic nitrogens is 2. The lowest BCUT2D eigenvalue weighted by molar-refractivity contribution is -0.123. The minimum Gasteiger partial charge on any atom is -0.488 e. The molecule has 372 valence electrons. The first-order chi connectivity index (χ1) is 34.9. The standard InChI is InChI=1S/C56H58Cl2N8O6/c1-34-39(32-71-53-20-51(69-30-37-16-36(22-61-3)23-62-24-37)42(18-46(53)57)28-65-14-6-12-49(65)55(59)67)8-4-10-44(34)45-11-5-9-40(35(45)2)33-72-54-21-52(70-31-38-17-41(26-63-25-38)48-27-64-48)43(19-47(54)58)29-66-15-7-13-50(66)56(60)68/h4-5,8-11,16-26,49-50H,6-7,12-15,27-33H2,1-3H3,(H2,59,67)(H2,60,68)/b61-22+/t49-,50-/m0/s1. The number of halogens is 2. The van der Waals surface area contributed by atoms with Crippen molar-refractivity contribution in [2.24, 2.45) is 21.5 Å². The van der Waals surface area contributed by atoms with Crippen LogP contribution in [0.3, 0.4) is 0 Å². The Morgan fingerprint density at radius 2 is 1.14 bits per heavy atom. The topological polar surface area (TPSA) is 180 Å². The summed E-state index contributed by atoms with van der Waals surface area (Å²) in [6, 6.07) is 23.1. The number of carbonyl (C=O) groups excluding carboxylic acids is 2. The van der Waals surface area contributed by atoms with Gasteiger partial charge in [0, 0.05) is 96.7 Å². The number of amides is 2. The maximum atomic E-state index is 12.3. The first kappa shape index (κ1) is 50.1. The number of likely N-dealkylation sites (tertiary alicyclic amines) is 2. The molecular weight excluding hydrogens is 952 g/mol. The minimum absolute atomic E-state index is 0.245. The zero-order valence-electron chi connectivity index (χ0n) is 40.7. The van der Waals surface area contributed by atoms with E-state index >= 15 is 0 Å². The zero-order valence-corrected chi connectivity index (χ0v) is 42.2. The molecule has 2 saturated heterocycles. The van der Waals surface area contributed by atoms with E-state index in [1.54, 1.807) is 31.9 Å². The molecule has 0 spiro atoms. The van der Waals surface area contributed by atoms with Gasteiger partial charge in [0.1, 0.15) is 49.4 Å². The third kappa shape index (κ3) is 11.9. The normalized spacial score (nSPS) is 16.8. The number of nitrogens with two attached hydrogens (primary N) is 2. The van der Waals surface area contributed by atoms with E-state index in [4.69, 9.17) is 53.6 Å². The summed E-state index contributed by atoms with van der Waals surface area (Å²) in [5.74, 6) is 1.45. The van der Waals surface area contributed by atoms with Gasteiger partial charge in [0.05, 0.1) is 34.4 Å². The summed E-state index contributed by atoms with van der Waals surface area (Å²) < 4.78 is 26.0. The lowest BCUT2D eigenvalue weighted by Crippen LogP contribution is -2.39. The van der Waals surface area contributed by atoms with Gasteiger partial charge in [-0.3, -0.25) is 39.3 Å². The van der Waals surface area contributed by atoms with Gasteiger partial charge in [-0.15, -0.1) is 0 Å². The number of nitrogens with zero attached hydrogens (tertiary/aromatic N) is 6. The SMILES string of the molecule is C/N=C/c1cncc(COc2cc(OCc3cccc(-c4cccc(COc5cc(OCc6cncc(C7=NC7)c6)c(CN6CCC[C@H]6C(N)=O)cc5Cl)c4C)c3C)c(Cl)cc2CN2CCC[C@H]2C(N)=O)c1. The van der Waals surface area contributed by atoms with Crippen LogP contribution in [0, 0.1) is 13.8 Å². The van der Waals surface area contributed by atoms with E-state index in [2.05, 4.69) is 67.9 Å². The first-order valence-electron chi connectivity index (χ1n) is 24.2. The molecule has 0 bridgehead atoms. The van der Waals surface area contributed by atoms with Crippen LogP contribution in [-0.4, -0.2) is 82.3 Å². The molecule has 2 aromatic heterocycles. The van der Waals surface area contributed by atoms with Gasteiger partial charge in [-0.25, -0.2) is 0 Å². The minimum atomic E-state index is -0.357. The fourth-order valence-electron chi connectivity index (χ4n) is 9.65. The van der Waals surface area contributed by atoms with Crippen LogP contribution in [0.5, 0.6) is 23.0 Å². The molecule has 2 amide bonds. The monoisotopic (exact) mass is 1010 g/mol. The Balaban J connectivity index is 0.922. The molecule has 4 aromatic carbocycles. The molecular formula is C56H58Cl2N8O6. The number of hydrogen-bond acceptors (Lipinski definition) is 12. The largest absolute Gasteiger partial charge is 0.488 e. The summed E-state index contributed by atoms with van der Waals surface area (Å²) in [7, 11) is 1.72. The molecule has 2 atom stereocenters. The number of pyridine rings is 2. The highest BCUT2D eigenvalue weighted by Crippen LogP contribution is 2.39. The van der Waals surface area contributed by atoms with Crippen molar-refractivity contribution in [1.29, 1.82) is 0 Å². The van der Waals surface area contributed by atoms with Crippen molar-refractivity contribution < 1.29 is 28.5 Å². The van der Waals surface area contributed by atoms with E-state index in [1.807, 2.05) is 54.7 Å². The van der Waals surface area contributed by atoms with Gasteiger partial charge in [0.25, 0.3) is 0 Å². The molecule has 0 saturated carbocycles. The van der Waals surface area contributed by atoms with E-state index in [1.165, 1.54) is 0 Å². The van der Waals surface area contributed by atoms with E-state index in [0.717, 1.165) is 105 Å². The predicted molar refractivity (Wildman–Crippen MR) is 280 cm³/mol. The van der Waals surface area contributed by atoms with Gasteiger partial charge in [-0.05, 0) is 110 Å². The number of primary amides is 2. The van der Waals surface area contributed by atoms with Gasteiger partial charge in [-0.2, -0.15) is 0 Å². The van der Waals surface area contributed by atoms with Crippen molar-refractivity contribution in [3.05, 3.63) is 163 Å². The molecule has 14 nitrogen and oxygen atoms in total. The van der Waals surface area contributed by atoms with E-state index < -0.39 is 0 Å². The maximum absolute atomic E-state index is 12.3. The van der Waals surface area contributed by atoms with Gasteiger partial charge >= 0.3 is 0 Å². The lowest BCUT2D eigenvalue weighted by Gasteiger charge is -2.24. The molecule has 2 fully saturated rings. The molecule has 72 heavy (non-hydrogen) atoms. The highest BCUT2D eigenvalue weighted by Gasteiger charge is 2.31. The smallest absolute Gasteiger partial charge is 0.234 e. The second-order valence-corrected chi connectivity index (χ2v) is 19.3. The molecule has 16 heteroatoms. The Morgan fingerprint density at radius 3 is 1.62 bits per heavy atom. The molecule has 9 rings (SSSR count). The predicted octanol–water partition coefficient (Wildman–Crippen LogP) is 9.13. The molecule has 5 heterocycles. The Morgan fingerprint density at radius 1 is 0.653 bits per heavy atom. The second kappa shape index (κ2) is 22.7. The van der Waals surface area contributed by atoms with Crippen LogP contribution in [0.25, 0.3) is 11.1 Å². The summed E-state index contributed by atoms with van der Waals surface area (Å²) in [6.07, 6.45) is 12.0. The number of hydrogen-bond donors (Lipinski definition) is 2. The summed E-state index contributed by atoms with van der Waals surface area (Å²) in [6.45, 7) is 8.28. The van der Waals surface area contributed by atoms with Crippen molar-refractivity contribution in [3.8, 4) is 34.1 Å². The fraction of sp³-hybridized carbons (Fsp3) is 0.321. The van der Waals surface area contributed by atoms with Crippen molar-refractivity contribution in [2.45, 2.75) is 91.1 Å². The third-order valence-electron chi connectivity index (χ3n) is 13.6. The summed E-state index contributed by atoms with van der Waals surface area (Å²) >= 11 is 13.9. The Hall–Kier alpha value is -6.84. The van der Waals surface area contributed by atoms with Crippen molar-refractivity contribution in [1.82, 2.24) is 19.8 Å². The molecule has 0 unspecified atom stereocenters. The number of ether oxygens (including phenoxy) is 4. The third-order valence-corrected chi connectivity index (χ3v) is 14.2. The Labute approximate surface area is 430 Å². The molecule has 0 radical (unpaired) electrons. The molecule has 6 aromatic rings. The average molecular weight is 1010 g/mol. The van der Waals surface area contributed by atoms with Gasteiger partial charge in [-0.1, -0.05) is 59.6 Å². The summed E-state index contributed by atoms with van der Waals surface area (Å²) in [5, 5.41) is 0.859. The van der Waals surface area contributed by atoms with Gasteiger partial charge in [0.2, 0.25) is 11.8 Å². The van der Waals surface area contributed by atoms with E-state index in [0.29, 0.717) is 59.0 Å². The number of rotatable bonds is 21. The van der Waals surface area contributed by atoms with Crippen LogP contribution in [0.15, 0.2) is 108 Å². The van der Waals surface area contributed by atoms with E-state index in [-0.39, 0.29) is 50.3 Å². The highest BCUT2D eigenvalue weighted by molar-refractivity contribution is 6.32. The van der Waals surface area contributed by atoms with Crippen LogP contribution in [0.2, 0.25) is 10.0 Å². The van der Waals surface area contributed by atoms with Crippen LogP contribution >= 0.6 is 23.2 Å². The van der Waals surface area contributed by atoms with Crippen LogP contribution < -0.4 is 30.4 Å². The van der Waals surface area contributed by atoms with E-state index in [9.17, 15) is 9.59 Å². The zero-order chi connectivity index (χ0) is 50.3. The van der Waals surface area contributed by atoms with Gasteiger partial charge < -0.3 is 30.4 Å². The Bertz CT molecular complexity index is 3060. The van der Waals surface area contributed by atoms with Crippen LogP contribution in [0.1, 0.15) is 81.3 Å². The number of aliphatic imine (C=N–C) groups is 2. The van der Waals surface area contributed by atoms with Crippen molar-refractivity contribution >= 4 is 46.9 Å². The summed E-state index contributed by atoms with van der Waals surface area (Å²) in [4.78, 5) is 46.0. The van der Waals surface area contributed by atoms with Crippen molar-refractivity contribution in [2.75, 3.05) is 26.7 Å². The first-order valence-corrected chi connectivity index (χ1v) is 24.9. The number of carbonyl (C=O) groups is 2. The van der Waals surface area contributed by atoms with Crippen LogP contribution in [-0.2, 0) is 49.1 Å². The summed E-state index contributed by atoms with van der Waals surface area (Å²) in [5.41, 5.74) is 24.1. The molecule has 0 aliphatic carbocycles.